The maximum absolute atomic E-state index is 11.8. The van der Waals surface area contributed by atoms with Crippen LogP contribution in [0.1, 0.15) is 41.0 Å². The van der Waals surface area contributed by atoms with Crippen molar-refractivity contribution in [2.75, 3.05) is 13.7 Å². The molecule has 1 N–H and O–H groups in total. The minimum absolute atomic E-state index is 0.0370. The van der Waals surface area contributed by atoms with Crippen LogP contribution in [0.4, 0.5) is 4.79 Å². The minimum atomic E-state index is -0.499. The first-order valence-corrected chi connectivity index (χ1v) is 5.79. The molecule has 0 radical (unpaired) electrons. The molecule has 96 valence electrons. The van der Waals surface area contributed by atoms with E-state index in [0.29, 0.717) is 0 Å². The summed E-state index contributed by atoms with van der Waals surface area (Å²) in [6.45, 7) is 9.50. The van der Waals surface area contributed by atoms with E-state index in [9.17, 15) is 9.90 Å². The highest BCUT2D eigenvalue weighted by Crippen LogP contribution is 2.16. The first kappa shape index (κ1) is 15.2. The van der Waals surface area contributed by atoms with Crippen LogP contribution in [-0.2, 0) is 4.74 Å². The van der Waals surface area contributed by atoms with E-state index in [0.717, 1.165) is 6.42 Å². The zero-order chi connectivity index (χ0) is 12.9. The van der Waals surface area contributed by atoms with Gasteiger partial charge in [-0.15, -0.1) is 0 Å². The highest BCUT2D eigenvalue weighted by atomic mass is 16.6. The number of carbonyl (C=O) groups is 1. The van der Waals surface area contributed by atoms with Crippen LogP contribution < -0.4 is 0 Å². The number of carbonyl (C=O) groups excluding carboxylic acids is 1. The van der Waals surface area contributed by atoms with Gasteiger partial charge in [-0.25, -0.2) is 4.79 Å². The number of rotatable bonds is 4. The lowest BCUT2D eigenvalue weighted by atomic mass is 9.99. The Morgan fingerprint density at radius 1 is 1.44 bits per heavy atom. The van der Waals surface area contributed by atoms with E-state index in [1.807, 2.05) is 34.6 Å². The highest BCUT2D eigenvalue weighted by Gasteiger charge is 2.27. The number of likely N-dealkylation sites (N-methyl/N-ethyl adjacent to an activating group) is 1. The zero-order valence-corrected chi connectivity index (χ0v) is 11.3. The van der Waals surface area contributed by atoms with E-state index >= 15 is 0 Å². The molecular formula is C12H25NO3. The summed E-state index contributed by atoms with van der Waals surface area (Å²) in [6, 6.07) is -0.181. The van der Waals surface area contributed by atoms with Crippen LogP contribution in [0.25, 0.3) is 0 Å². The summed E-state index contributed by atoms with van der Waals surface area (Å²) in [4.78, 5) is 13.3. The predicted octanol–water partition coefficient (Wildman–Crippen LogP) is 2.26. The van der Waals surface area contributed by atoms with Crippen LogP contribution in [0.15, 0.2) is 0 Å². The Morgan fingerprint density at radius 3 is 2.25 bits per heavy atom. The van der Waals surface area contributed by atoms with Crippen molar-refractivity contribution in [3.8, 4) is 0 Å². The Balaban J connectivity index is 4.51. The van der Waals surface area contributed by atoms with Crippen molar-refractivity contribution in [1.29, 1.82) is 0 Å². The van der Waals surface area contributed by atoms with E-state index in [1.165, 1.54) is 4.90 Å². The third-order valence-electron chi connectivity index (χ3n) is 2.67. The molecule has 0 aliphatic heterocycles. The number of hydrogen-bond acceptors (Lipinski definition) is 3. The molecule has 0 aromatic heterocycles. The zero-order valence-electron chi connectivity index (χ0n) is 11.3. The maximum atomic E-state index is 11.8. The second kappa shape index (κ2) is 6.09. The third kappa shape index (κ3) is 4.84. The van der Waals surface area contributed by atoms with Gasteiger partial charge >= 0.3 is 6.09 Å². The molecule has 2 atom stereocenters. The molecular weight excluding hydrogens is 206 g/mol. The molecule has 4 heteroatoms. The monoisotopic (exact) mass is 231 g/mol. The normalized spacial score (nSPS) is 15.4. The molecule has 4 nitrogen and oxygen atoms in total. The maximum Gasteiger partial charge on any atom is 0.410 e. The molecule has 0 fully saturated rings. The lowest BCUT2D eigenvalue weighted by Crippen LogP contribution is -2.45. The van der Waals surface area contributed by atoms with Gasteiger partial charge in [-0.2, -0.15) is 0 Å². The Labute approximate surface area is 98.6 Å². The SMILES string of the molecule is CCC(C)C(CO)N(C)C(=O)OC(C)(C)C. The first-order valence-electron chi connectivity index (χ1n) is 5.79. The molecule has 0 spiro atoms. The van der Waals surface area contributed by atoms with Crippen LogP contribution in [0.3, 0.4) is 0 Å². The van der Waals surface area contributed by atoms with E-state index in [1.54, 1.807) is 7.05 Å². The lowest BCUT2D eigenvalue weighted by Gasteiger charge is -2.32. The average molecular weight is 231 g/mol. The summed E-state index contributed by atoms with van der Waals surface area (Å²) in [5.41, 5.74) is -0.499. The van der Waals surface area contributed by atoms with Gasteiger partial charge in [0.1, 0.15) is 5.60 Å². The van der Waals surface area contributed by atoms with Gasteiger partial charge in [0.25, 0.3) is 0 Å². The van der Waals surface area contributed by atoms with Crippen molar-refractivity contribution in [2.45, 2.75) is 52.7 Å². The van der Waals surface area contributed by atoms with E-state index in [2.05, 4.69) is 0 Å². The Morgan fingerprint density at radius 2 is 1.94 bits per heavy atom. The van der Waals surface area contributed by atoms with Crippen molar-refractivity contribution >= 4 is 6.09 Å². The number of nitrogens with zero attached hydrogens (tertiary/aromatic N) is 1. The van der Waals surface area contributed by atoms with Gasteiger partial charge in [-0.05, 0) is 26.7 Å². The van der Waals surface area contributed by atoms with Crippen molar-refractivity contribution in [1.82, 2.24) is 4.90 Å². The van der Waals surface area contributed by atoms with Crippen molar-refractivity contribution < 1.29 is 14.6 Å². The lowest BCUT2D eigenvalue weighted by molar-refractivity contribution is 0.00885. The summed E-state index contributed by atoms with van der Waals surface area (Å²) in [5, 5.41) is 9.30. The summed E-state index contributed by atoms with van der Waals surface area (Å²) in [6.07, 6.45) is 0.532. The molecule has 0 rings (SSSR count). The van der Waals surface area contributed by atoms with Gasteiger partial charge in [0.15, 0.2) is 0 Å². The van der Waals surface area contributed by atoms with Crippen LogP contribution in [0.2, 0.25) is 0 Å². The van der Waals surface area contributed by atoms with Gasteiger partial charge in [-0.3, -0.25) is 0 Å². The predicted molar refractivity (Wildman–Crippen MR) is 64.3 cm³/mol. The molecule has 0 heterocycles. The Bertz CT molecular complexity index is 223. The molecule has 0 aromatic rings. The Kier molecular flexibility index (Phi) is 5.79. The van der Waals surface area contributed by atoms with Gasteiger partial charge in [0.2, 0.25) is 0 Å². The summed E-state index contributed by atoms with van der Waals surface area (Å²) >= 11 is 0. The van der Waals surface area contributed by atoms with Crippen LogP contribution in [0, 0.1) is 5.92 Å². The van der Waals surface area contributed by atoms with Gasteiger partial charge in [0, 0.05) is 7.05 Å². The van der Waals surface area contributed by atoms with Crippen molar-refractivity contribution in [3.63, 3.8) is 0 Å². The molecule has 0 bridgehead atoms. The van der Waals surface area contributed by atoms with Crippen LogP contribution >= 0.6 is 0 Å². The van der Waals surface area contributed by atoms with E-state index in [4.69, 9.17) is 4.74 Å². The van der Waals surface area contributed by atoms with Crippen LogP contribution in [-0.4, -0.2) is 41.4 Å². The van der Waals surface area contributed by atoms with Gasteiger partial charge < -0.3 is 14.7 Å². The van der Waals surface area contributed by atoms with Crippen molar-refractivity contribution in [2.24, 2.45) is 5.92 Å². The minimum Gasteiger partial charge on any atom is -0.444 e. The smallest absolute Gasteiger partial charge is 0.410 e. The molecule has 0 aromatic carbocycles. The Hall–Kier alpha value is -0.770. The largest absolute Gasteiger partial charge is 0.444 e. The second-order valence-corrected chi connectivity index (χ2v) is 5.23. The van der Waals surface area contributed by atoms with E-state index in [-0.39, 0.29) is 24.7 Å². The topological polar surface area (TPSA) is 49.8 Å². The quantitative estimate of drug-likeness (QED) is 0.807. The molecule has 2 unspecified atom stereocenters. The van der Waals surface area contributed by atoms with Crippen LogP contribution in [0.5, 0.6) is 0 Å². The number of ether oxygens (including phenoxy) is 1. The number of aliphatic hydroxyl groups excluding tert-OH is 1. The molecule has 0 aliphatic carbocycles. The number of amides is 1. The fourth-order valence-corrected chi connectivity index (χ4v) is 1.43. The number of aliphatic hydroxyl groups is 1. The first-order chi connectivity index (χ1) is 7.22. The molecule has 0 aliphatic rings. The third-order valence-corrected chi connectivity index (χ3v) is 2.67. The second-order valence-electron chi connectivity index (χ2n) is 5.23. The standard InChI is InChI=1S/C12H25NO3/c1-7-9(2)10(8-14)13(6)11(15)16-12(3,4)5/h9-10,14H,7-8H2,1-6H3. The van der Waals surface area contributed by atoms with E-state index < -0.39 is 5.60 Å². The summed E-state index contributed by atoms with van der Waals surface area (Å²) in [5.74, 6) is 0.252. The van der Waals surface area contributed by atoms with Gasteiger partial charge in [0.05, 0.1) is 12.6 Å². The molecule has 0 saturated heterocycles. The summed E-state index contributed by atoms with van der Waals surface area (Å²) in [7, 11) is 1.67. The molecule has 1 amide bonds. The number of hydrogen-bond donors (Lipinski definition) is 1. The van der Waals surface area contributed by atoms with Crippen molar-refractivity contribution in [3.05, 3.63) is 0 Å². The highest BCUT2D eigenvalue weighted by molar-refractivity contribution is 5.68. The van der Waals surface area contributed by atoms with Gasteiger partial charge in [-0.1, -0.05) is 20.3 Å². The molecule has 16 heavy (non-hydrogen) atoms. The average Bonchev–Trinajstić information content (AvgIpc) is 2.15. The summed E-state index contributed by atoms with van der Waals surface area (Å²) < 4.78 is 5.25. The fourth-order valence-electron chi connectivity index (χ4n) is 1.43. The fraction of sp³-hybridized carbons (Fsp3) is 0.917. The molecule has 0 saturated carbocycles.